The van der Waals surface area contributed by atoms with Gasteiger partial charge in [-0.1, -0.05) is 0 Å². The van der Waals surface area contributed by atoms with Crippen LogP contribution in [0.15, 0.2) is 27.8 Å². The molecule has 0 saturated heterocycles. The Morgan fingerprint density at radius 3 is 3.06 bits per heavy atom. The van der Waals surface area contributed by atoms with E-state index < -0.39 is 10.8 Å². The normalized spacial score (nSPS) is 17.8. The van der Waals surface area contributed by atoms with Gasteiger partial charge in [0.15, 0.2) is 5.58 Å². The SMILES string of the molecule is Nc1ccc2nc(S(=O)CC3CC3)oc2c1. The maximum Gasteiger partial charge on any atom is 0.287 e. The quantitative estimate of drug-likeness (QED) is 0.827. The number of rotatable bonds is 3. The third kappa shape index (κ3) is 1.82. The first-order valence-electron chi connectivity index (χ1n) is 5.27. The summed E-state index contributed by atoms with van der Waals surface area (Å²) in [6.45, 7) is 0. The van der Waals surface area contributed by atoms with Crippen LogP contribution in [0.25, 0.3) is 11.1 Å². The molecule has 0 amide bonds. The van der Waals surface area contributed by atoms with Crippen LogP contribution >= 0.6 is 0 Å². The lowest BCUT2D eigenvalue weighted by Crippen LogP contribution is -1.99. The Balaban J connectivity index is 1.94. The fourth-order valence-corrected chi connectivity index (χ4v) is 2.87. The fourth-order valence-electron chi connectivity index (χ4n) is 1.59. The second kappa shape index (κ2) is 3.59. The number of hydrogen-bond acceptors (Lipinski definition) is 4. The smallest absolute Gasteiger partial charge is 0.287 e. The van der Waals surface area contributed by atoms with Gasteiger partial charge >= 0.3 is 0 Å². The van der Waals surface area contributed by atoms with Crippen LogP contribution in [0.3, 0.4) is 0 Å². The molecule has 16 heavy (non-hydrogen) atoms. The molecule has 1 aliphatic rings. The van der Waals surface area contributed by atoms with Crippen molar-refractivity contribution >= 4 is 27.6 Å². The third-order valence-electron chi connectivity index (χ3n) is 2.67. The summed E-state index contributed by atoms with van der Waals surface area (Å²) in [5.41, 5.74) is 7.59. The van der Waals surface area contributed by atoms with Crippen molar-refractivity contribution in [3.05, 3.63) is 18.2 Å². The first-order chi connectivity index (χ1) is 7.72. The molecular weight excluding hydrogens is 224 g/mol. The molecule has 4 nitrogen and oxygen atoms in total. The zero-order valence-electron chi connectivity index (χ0n) is 8.68. The van der Waals surface area contributed by atoms with E-state index in [1.165, 1.54) is 12.8 Å². The summed E-state index contributed by atoms with van der Waals surface area (Å²) in [6, 6.07) is 5.25. The number of nitrogen functional groups attached to an aromatic ring is 1. The van der Waals surface area contributed by atoms with Crippen molar-refractivity contribution in [2.24, 2.45) is 5.92 Å². The molecular formula is C11H12N2O2S. The molecule has 1 fully saturated rings. The number of anilines is 1. The molecule has 1 saturated carbocycles. The van der Waals surface area contributed by atoms with E-state index >= 15 is 0 Å². The van der Waals surface area contributed by atoms with Crippen LogP contribution in [0.2, 0.25) is 0 Å². The molecule has 1 heterocycles. The van der Waals surface area contributed by atoms with Crippen LogP contribution in [0, 0.1) is 5.92 Å². The summed E-state index contributed by atoms with van der Waals surface area (Å²) in [7, 11) is -1.11. The highest BCUT2D eigenvalue weighted by Gasteiger charge is 2.26. The Kier molecular flexibility index (Phi) is 2.21. The maximum atomic E-state index is 11.9. The molecule has 1 atom stereocenters. The van der Waals surface area contributed by atoms with Gasteiger partial charge in [0.1, 0.15) is 16.3 Å². The number of benzene rings is 1. The summed E-state index contributed by atoms with van der Waals surface area (Å²) in [5.74, 6) is 1.27. The lowest BCUT2D eigenvalue weighted by Gasteiger charge is -1.92. The molecule has 1 aromatic carbocycles. The van der Waals surface area contributed by atoms with E-state index in [9.17, 15) is 4.21 Å². The van der Waals surface area contributed by atoms with Gasteiger partial charge < -0.3 is 10.2 Å². The number of oxazole rings is 1. The fraction of sp³-hybridized carbons (Fsp3) is 0.364. The van der Waals surface area contributed by atoms with Gasteiger partial charge in [0.25, 0.3) is 5.22 Å². The first-order valence-corrected chi connectivity index (χ1v) is 6.59. The van der Waals surface area contributed by atoms with Crippen LogP contribution < -0.4 is 5.73 Å². The molecule has 0 bridgehead atoms. The number of hydrogen-bond donors (Lipinski definition) is 1. The van der Waals surface area contributed by atoms with Gasteiger partial charge in [0.05, 0.1) is 0 Å². The highest BCUT2D eigenvalue weighted by atomic mass is 32.2. The zero-order chi connectivity index (χ0) is 11.1. The van der Waals surface area contributed by atoms with Crippen LogP contribution in [0.4, 0.5) is 5.69 Å². The van der Waals surface area contributed by atoms with Crippen molar-refractivity contribution < 1.29 is 8.63 Å². The van der Waals surface area contributed by atoms with Crippen LogP contribution in [0.5, 0.6) is 0 Å². The van der Waals surface area contributed by atoms with Gasteiger partial charge in [-0.15, -0.1) is 0 Å². The van der Waals surface area contributed by atoms with Gasteiger partial charge in [-0.25, -0.2) is 9.19 Å². The first kappa shape index (κ1) is 9.84. The Morgan fingerprint density at radius 2 is 2.31 bits per heavy atom. The van der Waals surface area contributed by atoms with Crippen molar-refractivity contribution in [1.29, 1.82) is 0 Å². The van der Waals surface area contributed by atoms with E-state index in [4.69, 9.17) is 10.2 Å². The highest BCUT2D eigenvalue weighted by molar-refractivity contribution is 7.84. The average molecular weight is 236 g/mol. The van der Waals surface area contributed by atoms with E-state index in [-0.39, 0.29) is 0 Å². The summed E-state index contributed by atoms with van der Waals surface area (Å²) < 4.78 is 17.3. The van der Waals surface area contributed by atoms with E-state index in [0.29, 0.717) is 33.7 Å². The average Bonchev–Trinajstić information content (AvgIpc) is 2.95. The van der Waals surface area contributed by atoms with Gasteiger partial charge in [0.2, 0.25) is 0 Å². The van der Waals surface area contributed by atoms with Crippen LogP contribution in [-0.4, -0.2) is 14.9 Å². The minimum Gasteiger partial charge on any atom is -0.430 e. The minimum absolute atomic E-state index is 0.326. The van der Waals surface area contributed by atoms with Crippen molar-refractivity contribution in [2.75, 3.05) is 11.5 Å². The number of fused-ring (bicyclic) bond motifs is 1. The summed E-state index contributed by atoms with van der Waals surface area (Å²) in [5, 5.41) is 0.326. The second-order valence-electron chi connectivity index (χ2n) is 4.16. The van der Waals surface area contributed by atoms with E-state index in [0.717, 1.165) is 0 Å². The van der Waals surface area contributed by atoms with Gasteiger partial charge in [-0.3, -0.25) is 0 Å². The summed E-state index contributed by atoms with van der Waals surface area (Å²) >= 11 is 0. The maximum absolute atomic E-state index is 11.9. The number of nitrogens with two attached hydrogens (primary N) is 1. The zero-order valence-corrected chi connectivity index (χ0v) is 9.50. The largest absolute Gasteiger partial charge is 0.430 e. The van der Waals surface area contributed by atoms with Crippen molar-refractivity contribution in [1.82, 2.24) is 4.98 Å². The molecule has 0 aliphatic heterocycles. The predicted octanol–water partition coefficient (Wildman–Crippen LogP) is 1.93. The molecule has 1 unspecified atom stereocenters. The van der Waals surface area contributed by atoms with E-state index in [1.807, 2.05) is 0 Å². The van der Waals surface area contributed by atoms with Crippen molar-refractivity contribution in [3.63, 3.8) is 0 Å². The standard InChI is InChI=1S/C11H12N2O2S/c12-8-3-4-9-10(5-8)15-11(13-9)16(14)6-7-1-2-7/h3-5,7H,1-2,6,12H2. The van der Waals surface area contributed by atoms with Crippen molar-refractivity contribution in [3.8, 4) is 0 Å². The predicted molar refractivity (Wildman–Crippen MR) is 62.4 cm³/mol. The molecule has 84 valence electrons. The molecule has 1 aromatic heterocycles. The van der Waals surface area contributed by atoms with E-state index in [1.54, 1.807) is 18.2 Å². The Morgan fingerprint density at radius 1 is 1.50 bits per heavy atom. The van der Waals surface area contributed by atoms with Crippen LogP contribution in [0.1, 0.15) is 12.8 Å². The Labute approximate surface area is 95.3 Å². The van der Waals surface area contributed by atoms with Gasteiger partial charge in [-0.2, -0.15) is 0 Å². The molecule has 0 radical (unpaired) electrons. The topological polar surface area (TPSA) is 69.1 Å². The monoisotopic (exact) mass is 236 g/mol. The Hall–Kier alpha value is -1.36. The molecule has 2 N–H and O–H groups in total. The van der Waals surface area contributed by atoms with Gasteiger partial charge in [0, 0.05) is 17.5 Å². The lowest BCUT2D eigenvalue weighted by atomic mass is 10.3. The molecule has 0 spiro atoms. The molecule has 5 heteroatoms. The number of aromatic nitrogens is 1. The molecule has 1 aliphatic carbocycles. The number of nitrogens with zero attached hydrogens (tertiary/aromatic N) is 1. The lowest BCUT2D eigenvalue weighted by molar-refractivity contribution is 0.477. The summed E-state index contributed by atoms with van der Waals surface area (Å²) in [4.78, 5) is 4.21. The second-order valence-corrected chi connectivity index (χ2v) is 5.54. The minimum atomic E-state index is -1.11. The highest BCUT2D eigenvalue weighted by Crippen LogP contribution is 2.31. The van der Waals surface area contributed by atoms with E-state index in [2.05, 4.69) is 4.98 Å². The van der Waals surface area contributed by atoms with Crippen molar-refractivity contribution in [2.45, 2.75) is 18.1 Å². The third-order valence-corrected chi connectivity index (χ3v) is 4.01. The van der Waals surface area contributed by atoms with Crippen LogP contribution in [-0.2, 0) is 10.8 Å². The Bertz CT molecular complexity index is 560. The molecule has 3 rings (SSSR count). The van der Waals surface area contributed by atoms with Gasteiger partial charge in [-0.05, 0) is 30.9 Å². The molecule has 2 aromatic rings. The summed E-state index contributed by atoms with van der Waals surface area (Å²) in [6.07, 6.45) is 2.36.